The second kappa shape index (κ2) is 7.25. The summed E-state index contributed by atoms with van der Waals surface area (Å²) in [6.45, 7) is 10.2. The standard InChI is InChI=1S/C13H29N3/c1-4-6-12(9-14)10-16-8-7-15(3)13(5-2)11-16/h12-13H,4-11,14H2,1-3H3. The van der Waals surface area contributed by atoms with Gasteiger partial charge in [0.25, 0.3) is 0 Å². The molecule has 0 bridgehead atoms. The Labute approximate surface area is 101 Å². The smallest absolute Gasteiger partial charge is 0.0218 e. The van der Waals surface area contributed by atoms with Gasteiger partial charge < -0.3 is 15.5 Å². The summed E-state index contributed by atoms with van der Waals surface area (Å²) < 4.78 is 0. The van der Waals surface area contributed by atoms with Crippen LogP contribution in [0.1, 0.15) is 33.1 Å². The largest absolute Gasteiger partial charge is 0.330 e. The van der Waals surface area contributed by atoms with Crippen molar-refractivity contribution in [2.75, 3.05) is 39.8 Å². The van der Waals surface area contributed by atoms with E-state index in [1.54, 1.807) is 0 Å². The Bertz CT molecular complexity index is 184. The molecule has 1 heterocycles. The maximum absolute atomic E-state index is 5.83. The Morgan fingerprint density at radius 3 is 2.62 bits per heavy atom. The molecule has 96 valence electrons. The first-order valence-electron chi connectivity index (χ1n) is 6.83. The van der Waals surface area contributed by atoms with E-state index in [2.05, 4.69) is 30.7 Å². The van der Waals surface area contributed by atoms with Crippen molar-refractivity contribution in [2.24, 2.45) is 11.7 Å². The van der Waals surface area contributed by atoms with Gasteiger partial charge in [0.1, 0.15) is 0 Å². The zero-order valence-electron chi connectivity index (χ0n) is 11.3. The molecule has 1 aliphatic rings. The van der Waals surface area contributed by atoms with Crippen molar-refractivity contribution in [1.29, 1.82) is 0 Å². The molecule has 1 aliphatic heterocycles. The minimum Gasteiger partial charge on any atom is -0.330 e. The van der Waals surface area contributed by atoms with Crippen LogP contribution in [-0.2, 0) is 0 Å². The van der Waals surface area contributed by atoms with Gasteiger partial charge in [0.05, 0.1) is 0 Å². The third kappa shape index (κ3) is 4.04. The first kappa shape index (κ1) is 13.9. The minimum absolute atomic E-state index is 0.700. The fourth-order valence-corrected chi connectivity index (χ4v) is 2.67. The lowest BCUT2D eigenvalue weighted by Crippen LogP contribution is -2.52. The normalized spacial score (nSPS) is 25.9. The molecule has 16 heavy (non-hydrogen) atoms. The molecule has 2 N–H and O–H groups in total. The molecule has 0 aromatic rings. The van der Waals surface area contributed by atoms with Gasteiger partial charge in [0.2, 0.25) is 0 Å². The summed E-state index contributed by atoms with van der Waals surface area (Å²) in [5.41, 5.74) is 5.83. The first-order chi connectivity index (χ1) is 7.71. The van der Waals surface area contributed by atoms with Crippen LogP contribution in [0.4, 0.5) is 0 Å². The highest BCUT2D eigenvalue weighted by molar-refractivity contribution is 4.80. The van der Waals surface area contributed by atoms with Gasteiger partial charge in [-0.15, -0.1) is 0 Å². The van der Waals surface area contributed by atoms with Crippen molar-refractivity contribution >= 4 is 0 Å². The topological polar surface area (TPSA) is 32.5 Å². The van der Waals surface area contributed by atoms with Gasteiger partial charge >= 0.3 is 0 Å². The van der Waals surface area contributed by atoms with Crippen molar-refractivity contribution in [3.8, 4) is 0 Å². The fourth-order valence-electron chi connectivity index (χ4n) is 2.67. The summed E-state index contributed by atoms with van der Waals surface area (Å²) in [5, 5.41) is 0. The molecule has 2 atom stereocenters. The van der Waals surface area contributed by atoms with Gasteiger partial charge in [-0.25, -0.2) is 0 Å². The lowest BCUT2D eigenvalue weighted by atomic mass is 10.0. The second-order valence-corrected chi connectivity index (χ2v) is 5.19. The number of likely N-dealkylation sites (N-methyl/N-ethyl adjacent to an activating group) is 1. The van der Waals surface area contributed by atoms with Gasteiger partial charge in [-0.3, -0.25) is 0 Å². The van der Waals surface area contributed by atoms with Gasteiger partial charge in [-0.2, -0.15) is 0 Å². The molecule has 2 unspecified atom stereocenters. The number of hydrogen-bond acceptors (Lipinski definition) is 3. The Kier molecular flexibility index (Phi) is 6.32. The molecule has 0 radical (unpaired) electrons. The Morgan fingerprint density at radius 1 is 1.31 bits per heavy atom. The summed E-state index contributed by atoms with van der Waals surface area (Å²) in [6.07, 6.45) is 3.79. The van der Waals surface area contributed by atoms with Crippen LogP contribution in [0, 0.1) is 5.92 Å². The van der Waals surface area contributed by atoms with Gasteiger partial charge in [-0.1, -0.05) is 20.3 Å². The molecule has 0 aliphatic carbocycles. The second-order valence-electron chi connectivity index (χ2n) is 5.19. The van der Waals surface area contributed by atoms with Gasteiger partial charge in [0, 0.05) is 32.2 Å². The summed E-state index contributed by atoms with van der Waals surface area (Å²) in [7, 11) is 2.25. The van der Waals surface area contributed by atoms with Crippen LogP contribution >= 0.6 is 0 Å². The van der Waals surface area contributed by atoms with Crippen LogP contribution in [0.15, 0.2) is 0 Å². The third-order valence-corrected chi connectivity index (χ3v) is 3.88. The molecular weight excluding hydrogens is 198 g/mol. The van der Waals surface area contributed by atoms with E-state index in [1.165, 1.54) is 45.4 Å². The summed E-state index contributed by atoms with van der Waals surface area (Å²) in [4.78, 5) is 5.11. The van der Waals surface area contributed by atoms with Crippen LogP contribution in [0.25, 0.3) is 0 Å². The highest BCUT2D eigenvalue weighted by Crippen LogP contribution is 2.14. The number of rotatable bonds is 6. The van der Waals surface area contributed by atoms with Crippen molar-refractivity contribution < 1.29 is 0 Å². The Balaban J connectivity index is 2.36. The average Bonchev–Trinajstić information content (AvgIpc) is 2.30. The maximum Gasteiger partial charge on any atom is 0.0218 e. The van der Waals surface area contributed by atoms with Gasteiger partial charge in [-0.05, 0) is 32.4 Å². The van der Waals surface area contributed by atoms with Crippen molar-refractivity contribution in [3.05, 3.63) is 0 Å². The zero-order valence-corrected chi connectivity index (χ0v) is 11.3. The molecule has 0 saturated carbocycles. The molecule has 0 amide bonds. The maximum atomic E-state index is 5.83. The van der Waals surface area contributed by atoms with Crippen molar-refractivity contribution in [3.63, 3.8) is 0 Å². The number of nitrogens with two attached hydrogens (primary N) is 1. The lowest BCUT2D eigenvalue weighted by Gasteiger charge is -2.40. The van der Waals surface area contributed by atoms with Crippen molar-refractivity contribution in [2.45, 2.75) is 39.2 Å². The highest BCUT2D eigenvalue weighted by Gasteiger charge is 2.23. The summed E-state index contributed by atoms with van der Waals surface area (Å²) in [5.74, 6) is 0.700. The van der Waals surface area contributed by atoms with E-state index in [4.69, 9.17) is 5.73 Å². The molecule has 0 aromatic heterocycles. The van der Waals surface area contributed by atoms with E-state index in [1.807, 2.05) is 0 Å². The number of nitrogens with zero attached hydrogens (tertiary/aromatic N) is 2. The minimum atomic E-state index is 0.700. The molecular formula is C13H29N3. The van der Waals surface area contributed by atoms with E-state index in [-0.39, 0.29) is 0 Å². The van der Waals surface area contributed by atoms with Gasteiger partial charge in [0.15, 0.2) is 0 Å². The van der Waals surface area contributed by atoms with E-state index in [0.717, 1.165) is 12.6 Å². The number of piperazine rings is 1. The van der Waals surface area contributed by atoms with Crippen LogP contribution in [-0.4, -0.2) is 55.6 Å². The predicted molar refractivity (Wildman–Crippen MR) is 70.6 cm³/mol. The quantitative estimate of drug-likeness (QED) is 0.744. The SMILES string of the molecule is CCCC(CN)CN1CCN(C)C(CC)C1. The molecule has 1 fully saturated rings. The van der Waals surface area contributed by atoms with Crippen LogP contribution in [0.2, 0.25) is 0 Å². The Hall–Kier alpha value is -0.120. The average molecular weight is 227 g/mol. The molecule has 1 rings (SSSR count). The summed E-state index contributed by atoms with van der Waals surface area (Å²) in [6, 6.07) is 0.744. The van der Waals surface area contributed by atoms with Crippen molar-refractivity contribution in [1.82, 2.24) is 9.80 Å². The third-order valence-electron chi connectivity index (χ3n) is 3.88. The monoisotopic (exact) mass is 227 g/mol. The lowest BCUT2D eigenvalue weighted by molar-refractivity contribution is 0.0812. The molecule has 0 spiro atoms. The highest BCUT2D eigenvalue weighted by atomic mass is 15.3. The van der Waals surface area contributed by atoms with Crippen LogP contribution < -0.4 is 5.73 Å². The molecule has 1 saturated heterocycles. The predicted octanol–water partition coefficient (Wildman–Crippen LogP) is 1.39. The molecule has 0 aromatic carbocycles. The zero-order chi connectivity index (χ0) is 12.0. The van der Waals surface area contributed by atoms with E-state index in [9.17, 15) is 0 Å². The molecule has 3 heteroatoms. The van der Waals surface area contributed by atoms with Crippen LogP contribution in [0.3, 0.4) is 0 Å². The fraction of sp³-hybridized carbons (Fsp3) is 1.00. The Morgan fingerprint density at radius 2 is 2.06 bits per heavy atom. The van der Waals surface area contributed by atoms with E-state index < -0.39 is 0 Å². The number of hydrogen-bond donors (Lipinski definition) is 1. The molecule has 3 nitrogen and oxygen atoms in total. The van der Waals surface area contributed by atoms with E-state index in [0.29, 0.717) is 5.92 Å². The summed E-state index contributed by atoms with van der Waals surface area (Å²) >= 11 is 0. The first-order valence-corrected chi connectivity index (χ1v) is 6.83. The van der Waals surface area contributed by atoms with E-state index >= 15 is 0 Å². The van der Waals surface area contributed by atoms with Crippen LogP contribution in [0.5, 0.6) is 0 Å².